The van der Waals surface area contributed by atoms with Gasteiger partial charge in [0.25, 0.3) is 5.24 Å². The summed E-state index contributed by atoms with van der Waals surface area (Å²) in [7, 11) is 0. The normalized spacial score (nSPS) is 31.5. The monoisotopic (exact) mass is 290 g/mol. The molecular formula is C10H14N2O4S2. The van der Waals surface area contributed by atoms with E-state index in [0.717, 1.165) is 11.8 Å². The third-order valence-corrected chi connectivity index (χ3v) is 5.29. The first-order valence-corrected chi connectivity index (χ1v) is 7.68. The summed E-state index contributed by atoms with van der Waals surface area (Å²) in [4.78, 5) is 36.0. The van der Waals surface area contributed by atoms with Gasteiger partial charge >= 0.3 is 5.97 Å². The number of carbonyl (C=O) groups excluding carboxylic acids is 2. The standard InChI is InChI=1S/C10H14N2O4S2/c1-2-7-12(6(4-17-7)9(14)15)8(13)5-3-18-10(16)11-5/h5-7H,2-4H2,1H3,(H,11,16)(H,14,15). The first-order valence-electron chi connectivity index (χ1n) is 5.64. The number of nitrogens with zero attached hydrogens (tertiary/aromatic N) is 1. The van der Waals surface area contributed by atoms with Crippen molar-refractivity contribution in [1.82, 2.24) is 10.2 Å². The molecule has 0 aliphatic carbocycles. The van der Waals surface area contributed by atoms with Gasteiger partial charge in [-0.1, -0.05) is 18.7 Å². The molecule has 0 aromatic rings. The quantitative estimate of drug-likeness (QED) is 0.790. The Hall–Kier alpha value is -0.890. The highest BCUT2D eigenvalue weighted by Gasteiger charge is 2.44. The number of thioether (sulfide) groups is 2. The zero-order chi connectivity index (χ0) is 13.3. The number of amides is 2. The summed E-state index contributed by atoms with van der Waals surface area (Å²) in [5.74, 6) is -0.476. The molecule has 0 radical (unpaired) electrons. The van der Waals surface area contributed by atoms with Gasteiger partial charge in [0, 0.05) is 11.5 Å². The van der Waals surface area contributed by atoms with Crippen LogP contribution in [0.15, 0.2) is 0 Å². The second-order valence-corrected chi connectivity index (χ2v) is 6.29. The van der Waals surface area contributed by atoms with Gasteiger partial charge in [-0.25, -0.2) is 4.79 Å². The van der Waals surface area contributed by atoms with Gasteiger partial charge in [-0.3, -0.25) is 9.59 Å². The predicted octanol–water partition coefficient (Wildman–Crippen LogP) is 0.576. The molecule has 0 aromatic carbocycles. The summed E-state index contributed by atoms with van der Waals surface area (Å²) in [6.45, 7) is 1.92. The molecule has 0 saturated carbocycles. The molecule has 8 heteroatoms. The van der Waals surface area contributed by atoms with Crippen molar-refractivity contribution < 1.29 is 19.5 Å². The summed E-state index contributed by atoms with van der Waals surface area (Å²) in [6, 6.07) is -1.37. The molecule has 2 rings (SSSR count). The van der Waals surface area contributed by atoms with Crippen LogP contribution >= 0.6 is 23.5 Å². The van der Waals surface area contributed by atoms with Crippen molar-refractivity contribution >= 4 is 40.6 Å². The Balaban J connectivity index is 2.14. The summed E-state index contributed by atoms with van der Waals surface area (Å²) in [5, 5.41) is 11.4. The first kappa shape index (κ1) is 13.5. The molecule has 0 spiro atoms. The third kappa shape index (κ3) is 2.44. The minimum Gasteiger partial charge on any atom is -0.480 e. The zero-order valence-electron chi connectivity index (χ0n) is 9.79. The van der Waals surface area contributed by atoms with E-state index in [1.165, 1.54) is 16.7 Å². The number of nitrogens with one attached hydrogen (secondary N) is 1. The van der Waals surface area contributed by atoms with Crippen LogP contribution in [-0.4, -0.2) is 56.1 Å². The van der Waals surface area contributed by atoms with Crippen molar-refractivity contribution in [2.75, 3.05) is 11.5 Å². The van der Waals surface area contributed by atoms with Crippen LogP contribution in [0.4, 0.5) is 4.79 Å². The highest BCUT2D eigenvalue weighted by Crippen LogP contribution is 2.32. The number of hydrogen-bond acceptors (Lipinski definition) is 5. The summed E-state index contributed by atoms with van der Waals surface area (Å²) in [6.07, 6.45) is 0.702. The van der Waals surface area contributed by atoms with E-state index in [1.54, 1.807) is 0 Å². The Kier molecular flexibility index (Phi) is 4.06. The van der Waals surface area contributed by atoms with Gasteiger partial charge in [0.05, 0.1) is 5.37 Å². The summed E-state index contributed by atoms with van der Waals surface area (Å²) in [5.41, 5.74) is 0. The Labute approximate surface area is 113 Å². The van der Waals surface area contributed by atoms with Crippen LogP contribution in [0.2, 0.25) is 0 Å². The smallest absolute Gasteiger partial charge is 0.327 e. The molecule has 3 atom stereocenters. The fourth-order valence-electron chi connectivity index (χ4n) is 2.06. The molecule has 18 heavy (non-hydrogen) atoms. The lowest BCUT2D eigenvalue weighted by molar-refractivity contribution is -0.149. The Morgan fingerprint density at radius 3 is 2.72 bits per heavy atom. The molecule has 2 heterocycles. The lowest BCUT2D eigenvalue weighted by atomic mass is 10.2. The maximum Gasteiger partial charge on any atom is 0.327 e. The maximum atomic E-state index is 12.3. The molecule has 0 aromatic heterocycles. The molecule has 2 aliphatic heterocycles. The summed E-state index contributed by atoms with van der Waals surface area (Å²) >= 11 is 2.54. The van der Waals surface area contributed by atoms with E-state index in [9.17, 15) is 14.4 Å². The molecule has 2 saturated heterocycles. The Bertz CT molecular complexity index is 390. The number of hydrogen-bond donors (Lipinski definition) is 2. The van der Waals surface area contributed by atoms with E-state index < -0.39 is 18.1 Å². The van der Waals surface area contributed by atoms with Gasteiger partial charge in [-0.15, -0.1) is 11.8 Å². The van der Waals surface area contributed by atoms with E-state index in [-0.39, 0.29) is 16.5 Å². The Morgan fingerprint density at radius 1 is 1.50 bits per heavy atom. The number of carboxylic acids is 1. The van der Waals surface area contributed by atoms with E-state index in [2.05, 4.69) is 5.32 Å². The van der Waals surface area contributed by atoms with Crippen LogP contribution in [0.5, 0.6) is 0 Å². The van der Waals surface area contributed by atoms with Gasteiger partial charge in [-0.05, 0) is 6.42 Å². The third-order valence-electron chi connectivity index (χ3n) is 2.95. The average Bonchev–Trinajstić information content (AvgIpc) is 2.93. The van der Waals surface area contributed by atoms with Crippen molar-refractivity contribution in [3.63, 3.8) is 0 Å². The molecule has 100 valence electrons. The second-order valence-electron chi connectivity index (χ2n) is 4.09. The molecule has 2 fully saturated rings. The lowest BCUT2D eigenvalue weighted by Crippen LogP contribution is -2.52. The van der Waals surface area contributed by atoms with Crippen LogP contribution in [0.1, 0.15) is 13.3 Å². The fraction of sp³-hybridized carbons (Fsp3) is 0.700. The molecule has 2 N–H and O–H groups in total. The van der Waals surface area contributed by atoms with Crippen molar-refractivity contribution in [1.29, 1.82) is 0 Å². The van der Waals surface area contributed by atoms with E-state index in [0.29, 0.717) is 17.9 Å². The predicted molar refractivity (Wildman–Crippen MR) is 69.6 cm³/mol. The largest absolute Gasteiger partial charge is 0.480 e. The molecule has 3 unspecified atom stereocenters. The number of rotatable bonds is 3. The zero-order valence-corrected chi connectivity index (χ0v) is 11.4. The topological polar surface area (TPSA) is 86.7 Å². The van der Waals surface area contributed by atoms with Crippen LogP contribution in [0.25, 0.3) is 0 Å². The van der Waals surface area contributed by atoms with E-state index in [4.69, 9.17) is 5.11 Å². The first-order chi connectivity index (χ1) is 8.54. The molecule has 2 aliphatic rings. The van der Waals surface area contributed by atoms with Gasteiger partial charge in [0.15, 0.2) is 0 Å². The Morgan fingerprint density at radius 2 is 2.22 bits per heavy atom. The molecule has 6 nitrogen and oxygen atoms in total. The maximum absolute atomic E-state index is 12.3. The average molecular weight is 290 g/mol. The van der Waals surface area contributed by atoms with Crippen molar-refractivity contribution in [2.45, 2.75) is 30.8 Å². The van der Waals surface area contributed by atoms with Crippen LogP contribution in [0, 0.1) is 0 Å². The second kappa shape index (κ2) is 5.40. The lowest BCUT2D eigenvalue weighted by Gasteiger charge is -2.28. The van der Waals surface area contributed by atoms with E-state index in [1.807, 2.05) is 6.92 Å². The van der Waals surface area contributed by atoms with Gasteiger partial charge in [0.1, 0.15) is 12.1 Å². The number of carbonyl (C=O) groups is 3. The van der Waals surface area contributed by atoms with Gasteiger partial charge in [-0.2, -0.15) is 0 Å². The van der Waals surface area contributed by atoms with Crippen molar-refractivity contribution in [3.05, 3.63) is 0 Å². The van der Waals surface area contributed by atoms with Gasteiger partial charge < -0.3 is 15.3 Å². The molecule has 2 amide bonds. The summed E-state index contributed by atoms with van der Waals surface area (Å²) < 4.78 is 0. The highest BCUT2D eigenvalue weighted by molar-refractivity contribution is 8.14. The van der Waals surface area contributed by atoms with Crippen LogP contribution in [-0.2, 0) is 9.59 Å². The molecule has 0 bridgehead atoms. The van der Waals surface area contributed by atoms with Crippen LogP contribution < -0.4 is 5.32 Å². The minimum atomic E-state index is -0.983. The van der Waals surface area contributed by atoms with Crippen LogP contribution in [0.3, 0.4) is 0 Å². The van der Waals surface area contributed by atoms with Crippen molar-refractivity contribution in [3.8, 4) is 0 Å². The number of aliphatic carboxylic acids is 1. The van der Waals surface area contributed by atoms with E-state index >= 15 is 0 Å². The SMILES string of the molecule is CCC1SCC(C(=O)O)N1C(=O)C1CSC(=O)N1. The minimum absolute atomic E-state index is 0.110. The highest BCUT2D eigenvalue weighted by atomic mass is 32.2. The fourth-order valence-corrected chi connectivity index (χ4v) is 4.19. The molecular weight excluding hydrogens is 276 g/mol. The van der Waals surface area contributed by atoms with Gasteiger partial charge in [0.2, 0.25) is 5.91 Å². The number of carboxylic acid groups (broad SMARTS) is 1. The van der Waals surface area contributed by atoms with Crippen molar-refractivity contribution in [2.24, 2.45) is 0 Å².